The minimum Gasteiger partial charge on any atom is -0.454 e. The fourth-order valence-corrected chi connectivity index (χ4v) is 7.97. The third-order valence-electron chi connectivity index (χ3n) is 12.1. The summed E-state index contributed by atoms with van der Waals surface area (Å²) in [5, 5.41) is 2.53. The third kappa shape index (κ3) is 4.12. The Morgan fingerprint density at radius 3 is 1.11 bits per heavy atom. The van der Waals surface area contributed by atoms with Gasteiger partial charge in [-0.05, 0) is 212 Å². The van der Waals surface area contributed by atoms with E-state index in [-0.39, 0.29) is 0 Å². The Kier molecular flexibility index (Phi) is 7.85. The first-order valence-electron chi connectivity index (χ1n) is 16.4. The maximum absolute atomic E-state index is 7.18. The normalized spacial score (nSPS) is 11.8. The van der Waals surface area contributed by atoms with Crippen LogP contribution in [0.25, 0.3) is 21.9 Å². The van der Waals surface area contributed by atoms with Crippen LogP contribution in [0.2, 0.25) is 0 Å². The van der Waals surface area contributed by atoms with Crippen LogP contribution in [-0.4, -0.2) is 0 Å². The number of aryl methyl sites for hydroxylation is 3. The van der Waals surface area contributed by atoms with Gasteiger partial charge in [0.25, 0.3) is 0 Å². The quantitative estimate of drug-likeness (QED) is 0.208. The van der Waals surface area contributed by atoms with Gasteiger partial charge in [0.05, 0.1) is 17.1 Å². The zero-order valence-corrected chi connectivity index (χ0v) is 30.6. The number of fused-ring (bicyclic) bond motifs is 3. The molecule has 0 fully saturated rings. The summed E-state index contributed by atoms with van der Waals surface area (Å²) in [6, 6.07) is 0. The molecule has 0 radical (unpaired) electrons. The van der Waals surface area contributed by atoms with E-state index < -0.39 is 0 Å². The predicted octanol–water partition coefficient (Wildman–Crippen LogP) is 12.6. The molecule has 0 unspecified atom stereocenters. The van der Waals surface area contributed by atoms with Crippen LogP contribution in [0.3, 0.4) is 0 Å². The molecule has 2 nitrogen and oxygen atoms in total. The lowest BCUT2D eigenvalue weighted by atomic mass is 9.86. The first kappa shape index (κ1) is 31.9. The van der Waals surface area contributed by atoms with Gasteiger partial charge in [-0.2, -0.15) is 0 Å². The van der Waals surface area contributed by atoms with Crippen molar-refractivity contribution in [2.45, 2.75) is 124 Å². The SMILES string of the molecule is CCc1c(C)c(C)c(N(c2c(C)c(C)c(C)c(C)c2C)c2c(C)c(C)c(C)c3c2oc2c(C)c(C)c(C)c(C)c23)c(C)c1C. The monoisotopic (exact) mass is 587 g/mol. The van der Waals surface area contributed by atoms with E-state index in [4.69, 9.17) is 4.42 Å². The molecule has 0 amide bonds. The van der Waals surface area contributed by atoms with Gasteiger partial charge < -0.3 is 9.32 Å². The van der Waals surface area contributed by atoms with E-state index in [1.54, 1.807) is 0 Å². The minimum atomic E-state index is 1.00. The van der Waals surface area contributed by atoms with Crippen LogP contribution < -0.4 is 4.90 Å². The summed E-state index contributed by atoms with van der Waals surface area (Å²) in [5.41, 5.74) is 28.7. The van der Waals surface area contributed by atoms with Gasteiger partial charge in [0.2, 0.25) is 0 Å². The molecule has 0 saturated carbocycles. The lowest BCUT2D eigenvalue weighted by Crippen LogP contribution is -2.20. The second kappa shape index (κ2) is 10.8. The van der Waals surface area contributed by atoms with Crippen LogP contribution in [0.15, 0.2) is 4.42 Å². The molecular formula is C42H53NO. The zero-order valence-electron chi connectivity index (χ0n) is 30.6. The van der Waals surface area contributed by atoms with Crippen LogP contribution in [-0.2, 0) is 6.42 Å². The van der Waals surface area contributed by atoms with Gasteiger partial charge in [-0.25, -0.2) is 0 Å². The largest absolute Gasteiger partial charge is 0.454 e. The molecule has 0 spiro atoms. The van der Waals surface area contributed by atoms with Crippen molar-refractivity contribution in [1.82, 2.24) is 0 Å². The van der Waals surface area contributed by atoms with E-state index in [0.717, 1.165) is 17.6 Å². The molecule has 1 aromatic heterocycles. The number of benzene rings is 4. The van der Waals surface area contributed by atoms with Crippen molar-refractivity contribution in [2.75, 3.05) is 4.90 Å². The first-order chi connectivity index (χ1) is 20.5. The molecule has 2 heteroatoms. The van der Waals surface area contributed by atoms with Crippen molar-refractivity contribution in [3.8, 4) is 0 Å². The Morgan fingerprint density at radius 2 is 0.659 bits per heavy atom. The Hall–Kier alpha value is -3.52. The Balaban J connectivity index is 2.14. The van der Waals surface area contributed by atoms with E-state index >= 15 is 0 Å². The molecule has 232 valence electrons. The molecule has 5 rings (SSSR count). The summed E-state index contributed by atoms with van der Waals surface area (Å²) in [5.74, 6) is 0. The molecular weight excluding hydrogens is 534 g/mol. The number of anilines is 3. The zero-order chi connectivity index (χ0) is 32.8. The van der Waals surface area contributed by atoms with Crippen LogP contribution >= 0.6 is 0 Å². The van der Waals surface area contributed by atoms with Crippen LogP contribution in [0, 0.1) is 111 Å². The van der Waals surface area contributed by atoms with Gasteiger partial charge in [-0.3, -0.25) is 0 Å². The van der Waals surface area contributed by atoms with E-state index in [2.05, 4.69) is 123 Å². The van der Waals surface area contributed by atoms with E-state index in [0.29, 0.717) is 0 Å². The maximum atomic E-state index is 7.18. The van der Waals surface area contributed by atoms with Crippen molar-refractivity contribution in [3.05, 3.63) is 94.6 Å². The Labute approximate surface area is 266 Å². The molecule has 0 atom stereocenters. The molecule has 0 saturated heterocycles. The van der Waals surface area contributed by atoms with E-state index in [1.807, 2.05) is 0 Å². The summed E-state index contributed by atoms with van der Waals surface area (Å²) in [6.07, 6.45) is 1.04. The van der Waals surface area contributed by atoms with Crippen molar-refractivity contribution >= 4 is 39.0 Å². The third-order valence-corrected chi connectivity index (χ3v) is 12.1. The van der Waals surface area contributed by atoms with E-state index in [1.165, 1.54) is 122 Å². The Bertz CT molecular complexity index is 1990. The summed E-state index contributed by atoms with van der Waals surface area (Å²) >= 11 is 0. The topological polar surface area (TPSA) is 16.4 Å². The lowest BCUT2D eigenvalue weighted by molar-refractivity contribution is 0.664. The summed E-state index contributed by atoms with van der Waals surface area (Å²) in [7, 11) is 0. The Morgan fingerprint density at radius 1 is 0.341 bits per heavy atom. The van der Waals surface area contributed by atoms with E-state index in [9.17, 15) is 0 Å². The standard InChI is InChI=1S/C42H53NO/c1-18-35-25(8)32(15)39(33(16)26(35)9)43(38-29(12)21(4)19(2)22(5)30(38)13)40-31(14)24(7)28(11)37-36-27(10)20(3)23(6)34(17)41(36)44-42(37)40/h18H2,1-17H3. The fraction of sp³-hybridized carbons (Fsp3) is 0.429. The average molecular weight is 588 g/mol. The molecule has 0 aliphatic carbocycles. The van der Waals surface area contributed by atoms with Crippen molar-refractivity contribution in [1.29, 1.82) is 0 Å². The summed E-state index contributed by atoms with van der Waals surface area (Å²) < 4.78 is 7.18. The molecule has 0 aliphatic rings. The number of furan rings is 1. The summed E-state index contributed by atoms with van der Waals surface area (Å²) in [6.45, 7) is 38.9. The second-order valence-electron chi connectivity index (χ2n) is 13.7. The molecule has 0 bridgehead atoms. The minimum absolute atomic E-state index is 1.00. The van der Waals surface area contributed by atoms with Gasteiger partial charge >= 0.3 is 0 Å². The fourth-order valence-electron chi connectivity index (χ4n) is 7.97. The number of hydrogen-bond acceptors (Lipinski definition) is 2. The van der Waals surface area contributed by atoms with Crippen LogP contribution in [0.1, 0.15) is 102 Å². The highest BCUT2D eigenvalue weighted by molar-refractivity contribution is 6.16. The lowest BCUT2D eigenvalue weighted by Gasteiger charge is -2.36. The van der Waals surface area contributed by atoms with Crippen LogP contribution in [0.5, 0.6) is 0 Å². The van der Waals surface area contributed by atoms with Gasteiger partial charge in [0.1, 0.15) is 5.58 Å². The predicted molar refractivity (Wildman–Crippen MR) is 194 cm³/mol. The highest BCUT2D eigenvalue weighted by Crippen LogP contribution is 2.52. The molecule has 5 aromatic rings. The number of hydrogen-bond donors (Lipinski definition) is 0. The highest BCUT2D eigenvalue weighted by Gasteiger charge is 2.32. The number of nitrogens with zero attached hydrogens (tertiary/aromatic N) is 1. The van der Waals surface area contributed by atoms with Gasteiger partial charge in [0, 0.05) is 10.8 Å². The van der Waals surface area contributed by atoms with Gasteiger partial charge in [-0.15, -0.1) is 0 Å². The smallest absolute Gasteiger partial charge is 0.159 e. The van der Waals surface area contributed by atoms with Crippen molar-refractivity contribution < 1.29 is 4.42 Å². The molecule has 0 aliphatic heterocycles. The van der Waals surface area contributed by atoms with Gasteiger partial charge in [-0.1, -0.05) is 6.92 Å². The average Bonchev–Trinajstić information content (AvgIpc) is 3.39. The number of rotatable bonds is 4. The van der Waals surface area contributed by atoms with Gasteiger partial charge in [0.15, 0.2) is 5.58 Å². The van der Waals surface area contributed by atoms with Crippen LogP contribution in [0.4, 0.5) is 17.1 Å². The molecule has 1 heterocycles. The highest BCUT2D eigenvalue weighted by atomic mass is 16.3. The summed E-state index contributed by atoms with van der Waals surface area (Å²) in [4.78, 5) is 2.62. The second-order valence-corrected chi connectivity index (χ2v) is 13.7. The van der Waals surface area contributed by atoms with Crippen molar-refractivity contribution in [3.63, 3.8) is 0 Å². The molecule has 4 aromatic carbocycles. The first-order valence-corrected chi connectivity index (χ1v) is 16.4. The molecule has 0 N–H and O–H groups in total. The van der Waals surface area contributed by atoms with Crippen molar-refractivity contribution in [2.24, 2.45) is 0 Å². The maximum Gasteiger partial charge on any atom is 0.159 e. The molecule has 44 heavy (non-hydrogen) atoms.